The van der Waals surface area contributed by atoms with Crippen LogP contribution in [0.5, 0.6) is 5.75 Å². The number of ether oxygens (including phenoxy) is 2. The van der Waals surface area contributed by atoms with Crippen LogP contribution in [0, 0.1) is 0 Å². The van der Waals surface area contributed by atoms with E-state index in [1.165, 1.54) is 6.08 Å². The largest absolute Gasteiger partial charge is 0.447 e. The zero-order chi connectivity index (χ0) is 17.6. The van der Waals surface area contributed by atoms with Crippen molar-refractivity contribution < 1.29 is 19.1 Å². The number of alkyl carbamates (subject to hydrolysis) is 1. The third kappa shape index (κ3) is 4.70. The van der Waals surface area contributed by atoms with Crippen molar-refractivity contribution in [3.8, 4) is 5.75 Å². The van der Waals surface area contributed by atoms with E-state index in [9.17, 15) is 9.59 Å². The molecule has 0 saturated carbocycles. The predicted octanol–water partition coefficient (Wildman–Crippen LogP) is 3.35. The highest BCUT2D eigenvalue weighted by Gasteiger charge is 2.22. The maximum atomic E-state index is 12.0. The van der Waals surface area contributed by atoms with Crippen LogP contribution in [-0.2, 0) is 16.0 Å². The summed E-state index contributed by atoms with van der Waals surface area (Å²) in [6.45, 7) is 2.25. The lowest BCUT2D eigenvalue weighted by Gasteiger charge is -2.08. The molecule has 2 aromatic rings. The van der Waals surface area contributed by atoms with Crippen LogP contribution >= 0.6 is 0 Å². The number of benzene rings is 2. The Balaban J connectivity index is 1.57. The van der Waals surface area contributed by atoms with Gasteiger partial charge in [0, 0.05) is 6.08 Å². The van der Waals surface area contributed by atoms with E-state index in [2.05, 4.69) is 5.32 Å². The Morgan fingerprint density at radius 2 is 1.92 bits per heavy atom. The standard InChI is InChI=1S/C20H19NO4/c1-14(16-5-3-2-4-6-16)11-19(22)25-18-9-7-15(8-10-18)12-17-13-24-20(23)21-17/h2-11,17H,12-13H2,1H3,(H,21,23)/b14-11-. The summed E-state index contributed by atoms with van der Waals surface area (Å²) in [6.07, 6.45) is 1.78. The van der Waals surface area contributed by atoms with E-state index in [0.717, 1.165) is 16.7 Å². The second-order valence-electron chi connectivity index (χ2n) is 5.90. The van der Waals surface area contributed by atoms with E-state index in [1.54, 1.807) is 12.1 Å². The topological polar surface area (TPSA) is 64.6 Å². The molecule has 0 radical (unpaired) electrons. The molecule has 1 N–H and O–H groups in total. The number of nitrogens with one attached hydrogen (secondary N) is 1. The van der Waals surface area contributed by atoms with Crippen molar-refractivity contribution >= 4 is 17.6 Å². The van der Waals surface area contributed by atoms with Crippen LogP contribution in [0.15, 0.2) is 60.7 Å². The molecule has 1 aliphatic heterocycles. The van der Waals surface area contributed by atoms with Gasteiger partial charge in [-0.2, -0.15) is 0 Å². The molecule has 0 aromatic heterocycles. The first-order valence-corrected chi connectivity index (χ1v) is 8.08. The van der Waals surface area contributed by atoms with Crippen LogP contribution < -0.4 is 10.1 Å². The van der Waals surface area contributed by atoms with Crippen molar-refractivity contribution in [2.75, 3.05) is 6.61 Å². The highest BCUT2D eigenvalue weighted by atomic mass is 16.6. The Bertz CT molecular complexity index is 781. The average molecular weight is 337 g/mol. The average Bonchev–Trinajstić information content (AvgIpc) is 3.02. The number of rotatable bonds is 5. The highest BCUT2D eigenvalue weighted by molar-refractivity contribution is 5.92. The van der Waals surface area contributed by atoms with Crippen molar-refractivity contribution in [1.29, 1.82) is 0 Å². The lowest BCUT2D eigenvalue weighted by atomic mass is 10.1. The number of hydrogen-bond donors (Lipinski definition) is 1. The van der Waals surface area contributed by atoms with Crippen LogP contribution in [0.3, 0.4) is 0 Å². The molecule has 3 rings (SSSR count). The van der Waals surface area contributed by atoms with Crippen molar-refractivity contribution in [2.45, 2.75) is 19.4 Å². The number of carbonyl (C=O) groups is 2. The van der Waals surface area contributed by atoms with E-state index in [4.69, 9.17) is 9.47 Å². The minimum absolute atomic E-state index is 0.0163. The molecule has 1 unspecified atom stereocenters. The number of cyclic esters (lactones) is 1. The van der Waals surface area contributed by atoms with E-state index in [-0.39, 0.29) is 12.1 Å². The van der Waals surface area contributed by atoms with E-state index in [1.807, 2.05) is 49.4 Å². The normalized spacial score (nSPS) is 16.9. The summed E-state index contributed by atoms with van der Waals surface area (Å²) in [7, 11) is 0. The Kier molecular flexibility index (Phi) is 5.14. The van der Waals surface area contributed by atoms with E-state index in [0.29, 0.717) is 18.8 Å². The number of hydrogen-bond acceptors (Lipinski definition) is 4. The van der Waals surface area contributed by atoms with Crippen LogP contribution in [-0.4, -0.2) is 24.7 Å². The number of allylic oxidation sites excluding steroid dienone is 1. The van der Waals surface area contributed by atoms with Gasteiger partial charge in [0.25, 0.3) is 0 Å². The minimum Gasteiger partial charge on any atom is -0.447 e. The van der Waals surface area contributed by atoms with Gasteiger partial charge in [0.05, 0.1) is 6.04 Å². The quantitative estimate of drug-likeness (QED) is 0.516. The van der Waals surface area contributed by atoms with Crippen molar-refractivity contribution in [2.24, 2.45) is 0 Å². The Hall–Kier alpha value is -3.08. The number of amides is 1. The molecular weight excluding hydrogens is 318 g/mol. The lowest BCUT2D eigenvalue weighted by molar-refractivity contribution is -0.128. The van der Waals surface area contributed by atoms with Gasteiger partial charge in [0.15, 0.2) is 0 Å². The fourth-order valence-corrected chi connectivity index (χ4v) is 2.62. The Morgan fingerprint density at radius 3 is 2.56 bits per heavy atom. The zero-order valence-corrected chi connectivity index (χ0v) is 13.9. The summed E-state index contributed by atoms with van der Waals surface area (Å²) < 4.78 is 10.2. The Morgan fingerprint density at radius 1 is 1.20 bits per heavy atom. The Labute approximate surface area is 146 Å². The fraction of sp³-hybridized carbons (Fsp3) is 0.200. The molecular formula is C20H19NO4. The van der Waals surface area contributed by atoms with Gasteiger partial charge in [0.1, 0.15) is 12.4 Å². The molecule has 0 aliphatic carbocycles. The second-order valence-corrected chi connectivity index (χ2v) is 5.90. The first-order chi connectivity index (χ1) is 12.1. The molecule has 0 spiro atoms. The van der Waals surface area contributed by atoms with Gasteiger partial charge >= 0.3 is 12.1 Å². The molecule has 128 valence electrons. The second kappa shape index (κ2) is 7.66. The maximum Gasteiger partial charge on any atom is 0.407 e. The fourth-order valence-electron chi connectivity index (χ4n) is 2.62. The number of esters is 1. The zero-order valence-electron chi connectivity index (χ0n) is 13.9. The van der Waals surface area contributed by atoms with Crippen LogP contribution in [0.1, 0.15) is 18.1 Å². The van der Waals surface area contributed by atoms with Crippen molar-refractivity contribution in [3.05, 3.63) is 71.8 Å². The van der Waals surface area contributed by atoms with Crippen LogP contribution in [0.25, 0.3) is 5.57 Å². The number of carbonyl (C=O) groups excluding carboxylic acids is 2. The molecule has 5 nitrogen and oxygen atoms in total. The van der Waals surface area contributed by atoms with Gasteiger partial charge in [-0.1, -0.05) is 42.5 Å². The molecule has 1 heterocycles. The van der Waals surface area contributed by atoms with Gasteiger partial charge in [-0.25, -0.2) is 9.59 Å². The first kappa shape index (κ1) is 16.8. The van der Waals surface area contributed by atoms with E-state index < -0.39 is 5.97 Å². The summed E-state index contributed by atoms with van der Waals surface area (Å²) in [5.74, 6) is 0.0723. The van der Waals surface area contributed by atoms with E-state index >= 15 is 0 Å². The molecule has 1 atom stereocenters. The van der Waals surface area contributed by atoms with Gasteiger partial charge in [-0.05, 0) is 42.2 Å². The molecule has 1 saturated heterocycles. The molecule has 1 amide bonds. The summed E-state index contributed by atoms with van der Waals surface area (Å²) in [5, 5.41) is 2.73. The monoisotopic (exact) mass is 337 g/mol. The summed E-state index contributed by atoms with van der Waals surface area (Å²) in [6, 6.07) is 16.9. The maximum absolute atomic E-state index is 12.0. The third-order valence-electron chi connectivity index (χ3n) is 3.92. The van der Waals surface area contributed by atoms with Crippen molar-refractivity contribution in [1.82, 2.24) is 5.32 Å². The smallest absolute Gasteiger partial charge is 0.407 e. The molecule has 25 heavy (non-hydrogen) atoms. The predicted molar refractivity (Wildman–Crippen MR) is 94.1 cm³/mol. The third-order valence-corrected chi connectivity index (χ3v) is 3.92. The van der Waals surface area contributed by atoms with Gasteiger partial charge in [-0.15, -0.1) is 0 Å². The van der Waals surface area contributed by atoms with Gasteiger partial charge in [-0.3, -0.25) is 0 Å². The summed E-state index contributed by atoms with van der Waals surface area (Å²) in [5.41, 5.74) is 2.86. The molecule has 1 aliphatic rings. The summed E-state index contributed by atoms with van der Waals surface area (Å²) >= 11 is 0. The van der Waals surface area contributed by atoms with Crippen LogP contribution in [0.4, 0.5) is 4.79 Å². The molecule has 1 fully saturated rings. The SMILES string of the molecule is C/C(=C/C(=O)Oc1ccc(CC2COC(=O)N2)cc1)c1ccccc1. The van der Waals surface area contributed by atoms with Crippen molar-refractivity contribution in [3.63, 3.8) is 0 Å². The van der Waals surface area contributed by atoms with Crippen LogP contribution in [0.2, 0.25) is 0 Å². The highest BCUT2D eigenvalue weighted by Crippen LogP contribution is 2.17. The molecule has 2 aromatic carbocycles. The minimum atomic E-state index is -0.412. The summed E-state index contributed by atoms with van der Waals surface area (Å²) in [4.78, 5) is 23.0. The molecule has 5 heteroatoms. The van der Waals surface area contributed by atoms with Gasteiger partial charge in [0.2, 0.25) is 0 Å². The lowest BCUT2D eigenvalue weighted by Crippen LogP contribution is -2.28. The molecule has 0 bridgehead atoms. The van der Waals surface area contributed by atoms with Gasteiger partial charge < -0.3 is 14.8 Å². The first-order valence-electron chi connectivity index (χ1n) is 8.08.